The first-order valence-electron chi connectivity index (χ1n) is 6.74. The van der Waals surface area contributed by atoms with E-state index >= 15 is 0 Å². The van der Waals surface area contributed by atoms with Crippen LogP contribution in [0.1, 0.15) is 33.6 Å². The van der Waals surface area contributed by atoms with Crippen LogP contribution in [-0.2, 0) is 12.8 Å². The average molecular weight is 279 g/mol. The summed E-state index contributed by atoms with van der Waals surface area (Å²) in [6, 6.07) is 10.4. The summed E-state index contributed by atoms with van der Waals surface area (Å²) >= 11 is 0. The van der Waals surface area contributed by atoms with Crippen LogP contribution >= 0.6 is 0 Å². The number of pyridine rings is 1. The minimum absolute atomic E-state index is 0.0865. The summed E-state index contributed by atoms with van der Waals surface area (Å²) in [6.07, 6.45) is 2.72. The van der Waals surface area contributed by atoms with Crippen LogP contribution in [0, 0.1) is 11.3 Å². The first kappa shape index (κ1) is 13.1. The van der Waals surface area contributed by atoms with E-state index < -0.39 is 5.91 Å². The van der Waals surface area contributed by atoms with Crippen LogP contribution in [0.5, 0.6) is 0 Å². The van der Waals surface area contributed by atoms with Gasteiger partial charge in [-0.2, -0.15) is 5.26 Å². The molecule has 21 heavy (non-hydrogen) atoms. The fraction of sp³-hybridized carbons (Fsp3) is 0.188. The highest BCUT2D eigenvalue weighted by Gasteiger charge is 2.18. The second-order valence-electron chi connectivity index (χ2n) is 4.98. The third kappa shape index (κ3) is 2.43. The molecule has 0 bridgehead atoms. The number of hydrogen-bond donors (Lipinski definition) is 2. The fourth-order valence-electron chi connectivity index (χ4n) is 2.56. The summed E-state index contributed by atoms with van der Waals surface area (Å²) in [7, 11) is 0. The van der Waals surface area contributed by atoms with Gasteiger partial charge in [0.1, 0.15) is 11.6 Å². The maximum absolute atomic E-state index is 12.3. The number of para-hydroxylation sites is 1. The summed E-state index contributed by atoms with van der Waals surface area (Å²) in [5.74, 6) is -0.492. The standard InChI is InChI=1S/C16H13N3O2/c17-9-11-4-1-2-6-14(11)19-16(21)12-8-10-5-3-7-13(10)18-15(12)20/h1-2,4,6,8H,3,5,7H2,(H,18,20)(H,19,21). The molecule has 5 heteroatoms. The van der Waals surface area contributed by atoms with Crippen LogP contribution < -0.4 is 10.9 Å². The molecule has 0 radical (unpaired) electrons. The van der Waals surface area contributed by atoms with Crippen LogP contribution in [-0.4, -0.2) is 10.9 Å². The maximum atomic E-state index is 12.3. The van der Waals surface area contributed by atoms with Gasteiger partial charge in [0, 0.05) is 5.69 Å². The molecule has 2 N–H and O–H groups in total. The summed E-state index contributed by atoms with van der Waals surface area (Å²) in [5.41, 5.74) is 2.42. The number of rotatable bonds is 2. The molecule has 1 aliphatic carbocycles. The molecule has 0 aliphatic heterocycles. The van der Waals surface area contributed by atoms with Gasteiger partial charge in [0.05, 0.1) is 11.3 Å². The zero-order chi connectivity index (χ0) is 14.8. The quantitative estimate of drug-likeness (QED) is 0.881. The number of aryl methyl sites for hydroxylation is 2. The molecule has 3 rings (SSSR count). The number of H-pyrrole nitrogens is 1. The van der Waals surface area contributed by atoms with Crippen molar-refractivity contribution in [2.45, 2.75) is 19.3 Å². The molecule has 104 valence electrons. The number of fused-ring (bicyclic) bond motifs is 1. The zero-order valence-electron chi connectivity index (χ0n) is 11.3. The Morgan fingerprint density at radius 1 is 1.29 bits per heavy atom. The lowest BCUT2D eigenvalue weighted by Crippen LogP contribution is -2.24. The lowest BCUT2D eigenvalue weighted by molar-refractivity contribution is 0.102. The van der Waals surface area contributed by atoms with E-state index in [1.165, 1.54) is 0 Å². The second-order valence-corrected chi connectivity index (χ2v) is 4.98. The van der Waals surface area contributed by atoms with E-state index in [0.717, 1.165) is 30.5 Å². The Balaban J connectivity index is 1.93. The number of carbonyl (C=O) groups is 1. The second kappa shape index (κ2) is 5.25. The Kier molecular flexibility index (Phi) is 3.28. The number of anilines is 1. The van der Waals surface area contributed by atoms with Gasteiger partial charge in [-0.25, -0.2) is 0 Å². The highest BCUT2D eigenvalue weighted by molar-refractivity contribution is 6.04. The van der Waals surface area contributed by atoms with Crippen molar-refractivity contribution in [2.75, 3.05) is 5.32 Å². The van der Waals surface area contributed by atoms with Crippen LogP contribution in [0.3, 0.4) is 0 Å². The zero-order valence-corrected chi connectivity index (χ0v) is 11.3. The third-order valence-corrected chi connectivity index (χ3v) is 3.63. The largest absolute Gasteiger partial charge is 0.325 e. The van der Waals surface area contributed by atoms with Gasteiger partial charge < -0.3 is 10.3 Å². The number of nitrogens with zero attached hydrogens (tertiary/aromatic N) is 1. The van der Waals surface area contributed by atoms with Crippen molar-refractivity contribution in [2.24, 2.45) is 0 Å². The Hall–Kier alpha value is -2.87. The summed E-state index contributed by atoms with van der Waals surface area (Å²) < 4.78 is 0. The highest BCUT2D eigenvalue weighted by Crippen LogP contribution is 2.20. The molecule has 1 aromatic carbocycles. The van der Waals surface area contributed by atoms with Crippen LogP contribution in [0.4, 0.5) is 5.69 Å². The van der Waals surface area contributed by atoms with Crippen molar-refractivity contribution in [3.05, 3.63) is 63.1 Å². The van der Waals surface area contributed by atoms with E-state index in [1.807, 2.05) is 6.07 Å². The molecule has 0 atom stereocenters. The monoisotopic (exact) mass is 279 g/mol. The average Bonchev–Trinajstić information content (AvgIpc) is 2.94. The van der Waals surface area contributed by atoms with Crippen LogP contribution in [0.25, 0.3) is 0 Å². The van der Waals surface area contributed by atoms with Crippen molar-refractivity contribution >= 4 is 11.6 Å². The normalized spacial score (nSPS) is 12.5. The SMILES string of the molecule is N#Cc1ccccc1NC(=O)c1cc2c([nH]c1=O)CCC2. The molecule has 0 fully saturated rings. The third-order valence-electron chi connectivity index (χ3n) is 3.63. The topological polar surface area (TPSA) is 85.8 Å². The lowest BCUT2D eigenvalue weighted by atomic mass is 10.1. The maximum Gasteiger partial charge on any atom is 0.261 e. The molecule has 5 nitrogen and oxygen atoms in total. The minimum Gasteiger partial charge on any atom is -0.325 e. The molecule has 2 aromatic rings. The van der Waals surface area contributed by atoms with Crippen LogP contribution in [0.2, 0.25) is 0 Å². The van der Waals surface area contributed by atoms with E-state index in [4.69, 9.17) is 5.26 Å². The van der Waals surface area contributed by atoms with E-state index in [1.54, 1.807) is 30.3 Å². The van der Waals surface area contributed by atoms with E-state index in [0.29, 0.717) is 11.3 Å². The Morgan fingerprint density at radius 3 is 2.90 bits per heavy atom. The number of nitriles is 1. The van der Waals surface area contributed by atoms with Crippen molar-refractivity contribution in [3.63, 3.8) is 0 Å². The van der Waals surface area contributed by atoms with Gasteiger partial charge in [0.25, 0.3) is 11.5 Å². The van der Waals surface area contributed by atoms with Crippen molar-refractivity contribution < 1.29 is 4.79 Å². The van der Waals surface area contributed by atoms with Crippen molar-refractivity contribution in [1.29, 1.82) is 5.26 Å². The van der Waals surface area contributed by atoms with E-state index in [2.05, 4.69) is 10.3 Å². The number of aromatic nitrogens is 1. The molecule has 1 aliphatic rings. The molecular formula is C16H13N3O2. The number of aromatic amines is 1. The smallest absolute Gasteiger partial charge is 0.261 e. The van der Waals surface area contributed by atoms with Gasteiger partial charge in [-0.3, -0.25) is 9.59 Å². The van der Waals surface area contributed by atoms with Gasteiger partial charge in [-0.15, -0.1) is 0 Å². The Bertz CT molecular complexity index is 815. The summed E-state index contributed by atoms with van der Waals surface area (Å²) in [4.78, 5) is 27.0. The number of carbonyl (C=O) groups excluding carboxylic acids is 1. The molecular weight excluding hydrogens is 266 g/mol. The number of nitrogens with one attached hydrogen (secondary N) is 2. The van der Waals surface area contributed by atoms with Gasteiger partial charge in [0.15, 0.2) is 0 Å². The first-order valence-corrected chi connectivity index (χ1v) is 6.74. The van der Waals surface area contributed by atoms with E-state index in [9.17, 15) is 9.59 Å². The Morgan fingerprint density at radius 2 is 2.10 bits per heavy atom. The molecule has 0 saturated carbocycles. The van der Waals surface area contributed by atoms with Crippen molar-refractivity contribution in [3.8, 4) is 6.07 Å². The van der Waals surface area contributed by atoms with Crippen molar-refractivity contribution in [1.82, 2.24) is 4.98 Å². The summed E-state index contributed by atoms with van der Waals surface area (Å²) in [5, 5.41) is 11.6. The predicted octanol–water partition coefficient (Wildman–Crippen LogP) is 1.99. The number of hydrogen-bond acceptors (Lipinski definition) is 3. The molecule has 0 spiro atoms. The molecule has 0 unspecified atom stereocenters. The molecule has 1 amide bonds. The molecule has 1 heterocycles. The molecule has 0 saturated heterocycles. The van der Waals surface area contributed by atoms with Gasteiger partial charge in [0.2, 0.25) is 0 Å². The van der Waals surface area contributed by atoms with Crippen LogP contribution in [0.15, 0.2) is 35.1 Å². The van der Waals surface area contributed by atoms with Gasteiger partial charge in [-0.05, 0) is 43.0 Å². The minimum atomic E-state index is -0.492. The van der Waals surface area contributed by atoms with Gasteiger partial charge >= 0.3 is 0 Å². The predicted molar refractivity (Wildman–Crippen MR) is 78.2 cm³/mol. The fourth-order valence-corrected chi connectivity index (χ4v) is 2.56. The van der Waals surface area contributed by atoms with Gasteiger partial charge in [-0.1, -0.05) is 12.1 Å². The van der Waals surface area contributed by atoms with E-state index in [-0.39, 0.29) is 11.1 Å². The Labute approximate surface area is 121 Å². The highest BCUT2D eigenvalue weighted by atomic mass is 16.2. The number of amides is 1. The number of benzene rings is 1. The lowest BCUT2D eigenvalue weighted by Gasteiger charge is -2.07. The molecule has 1 aromatic heterocycles. The summed E-state index contributed by atoms with van der Waals surface area (Å²) in [6.45, 7) is 0. The first-order chi connectivity index (χ1) is 10.2.